The molecule has 0 aliphatic heterocycles. The zero-order valence-corrected chi connectivity index (χ0v) is 12.8. The highest BCUT2D eigenvalue weighted by Crippen LogP contribution is 2.34. The van der Waals surface area contributed by atoms with Crippen LogP contribution in [-0.4, -0.2) is 18.8 Å². The highest BCUT2D eigenvalue weighted by atomic mass is 16.5. The van der Waals surface area contributed by atoms with Gasteiger partial charge in [0.25, 0.3) is 0 Å². The molecular formula is C18H29NO. The molecule has 112 valence electrons. The van der Waals surface area contributed by atoms with Gasteiger partial charge in [-0.15, -0.1) is 0 Å². The predicted molar refractivity (Wildman–Crippen MR) is 84.7 cm³/mol. The molecule has 0 bridgehead atoms. The van der Waals surface area contributed by atoms with E-state index in [0.29, 0.717) is 6.54 Å². The molecule has 0 spiro atoms. The normalized spacial score (nSPS) is 26.6. The number of hydrogen-bond acceptors (Lipinski definition) is 2. The van der Waals surface area contributed by atoms with E-state index in [4.69, 9.17) is 10.5 Å². The van der Waals surface area contributed by atoms with E-state index >= 15 is 0 Å². The second-order valence-electron chi connectivity index (χ2n) is 6.36. The van der Waals surface area contributed by atoms with Gasteiger partial charge in [0.05, 0.1) is 5.60 Å². The van der Waals surface area contributed by atoms with Gasteiger partial charge in [-0.2, -0.15) is 0 Å². The third-order valence-electron chi connectivity index (χ3n) is 4.67. The Balaban J connectivity index is 1.64. The van der Waals surface area contributed by atoms with Gasteiger partial charge >= 0.3 is 0 Å². The van der Waals surface area contributed by atoms with Crippen LogP contribution >= 0.6 is 0 Å². The fourth-order valence-corrected chi connectivity index (χ4v) is 3.06. The average molecular weight is 275 g/mol. The minimum absolute atomic E-state index is 0.0146. The summed E-state index contributed by atoms with van der Waals surface area (Å²) in [5, 5.41) is 0. The maximum atomic E-state index is 6.18. The summed E-state index contributed by atoms with van der Waals surface area (Å²) in [4.78, 5) is 0. The SMILES string of the molecule is CC1CCC(CN)(OCCCCc2ccccc2)CC1. The summed E-state index contributed by atoms with van der Waals surface area (Å²) in [5.74, 6) is 0.844. The van der Waals surface area contributed by atoms with Crippen LogP contribution in [0.25, 0.3) is 0 Å². The predicted octanol–water partition coefficient (Wildman–Crippen LogP) is 3.93. The van der Waals surface area contributed by atoms with Gasteiger partial charge < -0.3 is 10.5 Å². The van der Waals surface area contributed by atoms with Gasteiger partial charge in [-0.3, -0.25) is 0 Å². The van der Waals surface area contributed by atoms with Gasteiger partial charge in [-0.25, -0.2) is 0 Å². The van der Waals surface area contributed by atoms with Gasteiger partial charge in [0.2, 0.25) is 0 Å². The third kappa shape index (κ3) is 4.60. The lowest BCUT2D eigenvalue weighted by Crippen LogP contribution is -2.44. The zero-order valence-electron chi connectivity index (χ0n) is 12.8. The number of ether oxygens (including phenoxy) is 1. The summed E-state index contributed by atoms with van der Waals surface area (Å²) in [6, 6.07) is 10.7. The van der Waals surface area contributed by atoms with Crippen molar-refractivity contribution in [3.05, 3.63) is 35.9 Å². The Morgan fingerprint density at radius 2 is 1.85 bits per heavy atom. The molecule has 0 amide bonds. The Morgan fingerprint density at radius 3 is 2.50 bits per heavy atom. The fraction of sp³-hybridized carbons (Fsp3) is 0.667. The van der Waals surface area contributed by atoms with Crippen LogP contribution in [0.5, 0.6) is 0 Å². The first-order valence-corrected chi connectivity index (χ1v) is 8.12. The lowest BCUT2D eigenvalue weighted by molar-refractivity contribution is -0.0710. The monoisotopic (exact) mass is 275 g/mol. The number of unbranched alkanes of at least 4 members (excludes halogenated alkanes) is 1. The molecule has 2 rings (SSSR count). The van der Waals surface area contributed by atoms with E-state index in [1.807, 2.05) is 0 Å². The van der Waals surface area contributed by atoms with Crippen LogP contribution in [0, 0.1) is 5.92 Å². The molecule has 1 fully saturated rings. The molecule has 20 heavy (non-hydrogen) atoms. The molecule has 1 aromatic carbocycles. The van der Waals surface area contributed by atoms with Gasteiger partial charge in [0, 0.05) is 13.2 Å². The van der Waals surface area contributed by atoms with E-state index in [2.05, 4.69) is 37.3 Å². The molecule has 0 unspecified atom stereocenters. The summed E-state index contributed by atoms with van der Waals surface area (Å²) in [6.07, 6.45) is 8.29. The molecule has 1 saturated carbocycles. The molecule has 0 atom stereocenters. The van der Waals surface area contributed by atoms with Gasteiger partial charge in [-0.05, 0) is 56.4 Å². The molecule has 2 nitrogen and oxygen atoms in total. The fourth-order valence-electron chi connectivity index (χ4n) is 3.06. The van der Waals surface area contributed by atoms with Crippen molar-refractivity contribution < 1.29 is 4.74 Å². The molecule has 2 heteroatoms. The summed E-state index contributed by atoms with van der Waals surface area (Å²) in [5.41, 5.74) is 7.37. The largest absolute Gasteiger partial charge is 0.374 e. The number of benzene rings is 1. The van der Waals surface area contributed by atoms with Crippen molar-refractivity contribution in [3.63, 3.8) is 0 Å². The van der Waals surface area contributed by atoms with Crippen molar-refractivity contribution in [1.29, 1.82) is 0 Å². The van der Waals surface area contributed by atoms with E-state index in [9.17, 15) is 0 Å². The van der Waals surface area contributed by atoms with Crippen molar-refractivity contribution in [2.24, 2.45) is 11.7 Å². The van der Waals surface area contributed by atoms with Crippen molar-refractivity contribution >= 4 is 0 Å². The van der Waals surface area contributed by atoms with Gasteiger partial charge in [0.15, 0.2) is 0 Å². The van der Waals surface area contributed by atoms with E-state index in [0.717, 1.165) is 38.2 Å². The Kier molecular flexibility index (Phi) is 6.06. The van der Waals surface area contributed by atoms with Crippen molar-refractivity contribution in [1.82, 2.24) is 0 Å². The van der Waals surface area contributed by atoms with Crippen LogP contribution in [0.15, 0.2) is 30.3 Å². The van der Waals surface area contributed by atoms with E-state index in [1.54, 1.807) is 0 Å². The summed E-state index contributed by atoms with van der Waals surface area (Å²) in [7, 11) is 0. The highest BCUT2D eigenvalue weighted by molar-refractivity contribution is 5.14. The highest BCUT2D eigenvalue weighted by Gasteiger charge is 2.33. The van der Waals surface area contributed by atoms with Crippen molar-refractivity contribution in [2.45, 2.75) is 57.5 Å². The Morgan fingerprint density at radius 1 is 1.15 bits per heavy atom. The second kappa shape index (κ2) is 7.80. The van der Waals surface area contributed by atoms with Crippen LogP contribution in [0.2, 0.25) is 0 Å². The van der Waals surface area contributed by atoms with Crippen LogP contribution in [0.1, 0.15) is 51.0 Å². The van der Waals surface area contributed by atoms with Gasteiger partial charge in [-0.1, -0.05) is 37.3 Å². The molecule has 0 aromatic heterocycles. The smallest absolute Gasteiger partial charge is 0.0804 e. The summed E-state index contributed by atoms with van der Waals surface area (Å²) < 4.78 is 6.18. The molecule has 2 N–H and O–H groups in total. The summed E-state index contributed by atoms with van der Waals surface area (Å²) >= 11 is 0. The lowest BCUT2D eigenvalue weighted by atomic mass is 9.79. The van der Waals surface area contributed by atoms with Crippen LogP contribution in [0.3, 0.4) is 0 Å². The lowest BCUT2D eigenvalue weighted by Gasteiger charge is -2.38. The number of nitrogens with two attached hydrogens (primary N) is 1. The topological polar surface area (TPSA) is 35.2 Å². The molecule has 1 aliphatic carbocycles. The molecule has 1 aromatic rings. The standard InChI is InChI=1S/C18H29NO/c1-16-10-12-18(15-19,13-11-16)20-14-6-5-9-17-7-3-2-4-8-17/h2-4,7-8,16H,5-6,9-15,19H2,1H3. The van der Waals surface area contributed by atoms with Crippen molar-refractivity contribution in [3.8, 4) is 0 Å². The molecule has 0 heterocycles. The van der Waals surface area contributed by atoms with Crippen LogP contribution < -0.4 is 5.73 Å². The first-order valence-electron chi connectivity index (χ1n) is 8.12. The van der Waals surface area contributed by atoms with E-state index in [-0.39, 0.29) is 5.60 Å². The van der Waals surface area contributed by atoms with E-state index in [1.165, 1.54) is 24.8 Å². The minimum atomic E-state index is -0.0146. The van der Waals surface area contributed by atoms with E-state index < -0.39 is 0 Å². The van der Waals surface area contributed by atoms with Crippen LogP contribution in [0.4, 0.5) is 0 Å². The minimum Gasteiger partial charge on any atom is -0.374 e. The van der Waals surface area contributed by atoms with Crippen molar-refractivity contribution in [2.75, 3.05) is 13.2 Å². The average Bonchev–Trinajstić information content (AvgIpc) is 2.50. The molecule has 0 saturated heterocycles. The second-order valence-corrected chi connectivity index (χ2v) is 6.36. The number of hydrogen-bond donors (Lipinski definition) is 1. The Labute approximate surface area is 123 Å². The Hall–Kier alpha value is -0.860. The Bertz CT molecular complexity index is 368. The van der Waals surface area contributed by atoms with Gasteiger partial charge in [0.1, 0.15) is 0 Å². The first kappa shape index (κ1) is 15.5. The zero-order chi connectivity index (χ0) is 14.3. The molecule has 1 aliphatic rings. The summed E-state index contributed by atoms with van der Waals surface area (Å²) in [6.45, 7) is 3.87. The number of rotatable bonds is 7. The van der Waals surface area contributed by atoms with Crippen LogP contribution in [-0.2, 0) is 11.2 Å². The quantitative estimate of drug-likeness (QED) is 0.765. The molecule has 0 radical (unpaired) electrons. The molecular weight excluding hydrogens is 246 g/mol. The maximum Gasteiger partial charge on any atom is 0.0804 e. The first-order chi connectivity index (χ1) is 9.74. The maximum absolute atomic E-state index is 6.18. The third-order valence-corrected chi connectivity index (χ3v) is 4.67. The number of aryl methyl sites for hydroxylation is 1.